The first-order valence-electron chi connectivity index (χ1n) is 9.93. The molecule has 0 unspecified atom stereocenters. The molecule has 4 rings (SSSR count). The average molecular weight is 384 g/mol. The Balaban J connectivity index is 1.31. The number of aliphatic hydroxyl groups is 1. The van der Waals surface area contributed by atoms with Crippen LogP contribution < -0.4 is 14.7 Å². The summed E-state index contributed by atoms with van der Waals surface area (Å²) in [6.07, 6.45) is 1.63. The predicted octanol–water partition coefficient (Wildman–Crippen LogP) is 0.0159. The van der Waals surface area contributed by atoms with Crippen LogP contribution in [0.3, 0.4) is 0 Å². The number of piperazine rings is 2. The van der Waals surface area contributed by atoms with E-state index in [0.29, 0.717) is 0 Å². The second-order valence-electron chi connectivity index (χ2n) is 7.29. The van der Waals surface area contributed by atoms with Crippen molar-refractivity contribution in [2.45, 2.75) is 6.92 Å². The van der Waals surface area contributed by atoms with Crippen molar-refractivity contribution in [1.29, 1.82) is 0 Å². The van der Waals surface area contributed by atoms with Crippen molar-refractivity contribution in [1.82, 2.24) is 25.1 Å². The van der Waals surface area contributed by atoms with Crippen molar-refractivity contribution in [3.63, 3.8) is 0 Å². The van der Waals surface area contributed by atoms with E-state index in [-0.39, 0.29) is 6.61 Å². The first kappa shape index (κ1) is 18.8. The molecule has 2 aliphatic rings. The summed E-state index contributed by atoms with van der Waals surface area (Å²) in [5.74, 6) is 2.86. The monoisotopic (exact) mass is 384 g/mol. The highest BCUT2D eigenvalue weighted by Crippen LogP contribution is 2.19. The normalized spacial score (nSPS) is 18.6. The van der Waals surface area contributed by atoms with Gasteiger partial charge in [0.2, 0.25) is 0 Å². The van der Waals surface area contributed by atoms with Crippen LogP contribution in [0.1, 0.15) is 5.69 Å². The molecule has 0 saturated carbocycles. The molecule has 0 atom stereocenters. The Bertz CT molecular complexity index is 755. The molecule has 2 aromatic heterocycles. The lowest BCUT2D eigenvalue weighted by atomic mass is 10.3. The number of hydrogen-bond acceptors (Lipinski definition) is 9. The zero-order valence-corrected chi connectivity index (χ0v) is 16.4. The molecule has 0 spiro atoms. The Labute approximate surface area is 165 Å². The van der Waals surface area contributed by atoms with Gasteiger partial charge in [0.15, 0.2) is 11.6 Å². The molecule has 0 bridgehead atoms. The number of aryl methyl sites for hydroxylation is 1. The highest BCUT2D eigenvalue weighted by Gasteiger charge is 2.21. The molecule has 2 saturated heterocycles. The van der Waals surface area contributed by atoms with Gasteiger partial charge < -0.3 is 19.8 Å². The van der Waals surface area contributed by atoms with Gasteiger partial charge in [-0.3, -0.25) is 4.90 Å². The molecule has 0 amide bonds. The van der Waals surface area contributed by atoms with Gasteiger partial charge in [-0.2, -0.15) is 0 Å². The fraction of sp³-hybridized carbons (Fsp3) is 0.579. The molecule has 0 radical (unpaired) electrons. The lowest BCUT2D eigenvalue weighted by Gasteiger charge is -2.36. The van der Waals surface area contributed by atoms with E-state index in [9.17, 15) is 0 Å². The highest BCUT2D eigenvalue weighted by atomic mass is 16.3. The largest absolute Gasteiger partial charge is 0.395 e. The molecule has 2 aromatic rings. The first-order chi connectivity index (χ1) is 13.7. The Hall–Kier alpha value is -2.52. The number of aromatic nitrogens is 4. The van der Waals surface area contributed by atoms with Gasteiger partial charge in [-0.05, 0) is 19.1 Å². The molecule has 2 fully saturated rings. The van der Waals surface area contributed by atoms with Gasteiger partial charge in [-0.1, -0.05) is 0 Å². The van der Waals surface area contributed by atoms with Gasteiger partial charge in [-0.25, -0.2) is 9.97 Å². The van der Waals surface area contributed by atoms with Crippen LogP contribution in [0.5, 0.6) is 0 Å². The zero-order chi connectivity index (χ0) is 19.3. The lowest BCUT2D eigenvalue weighted by molar-refractivity contribution is 0.188. The van der Waals surface area contributed by atoms with Gasteiger partial charge in [-0.15, -0.1) is 10.2 Å². The van der Waals surface area contributed by atoms with Gasteiger partial charge in [0, 0.05) is 70.7 Å². The van der Waals surface area contributed by atoms with Crippen LogP contribution in [-0.2, 0) is 0 Å². The number of aliphatic hydroxyl groups excluding tert-OH is 1. The summed E-state index contributed by atoms with van der Waals surface area (Å²) in [5.41, 5.74) is 0.992. The molecule has 0 aliphatic carbocycles. The average Bonchev–Trinajstić information content (AvgIpc) is 2.75. The Morgan fingerprint density at radius 2 is 1.32 bits per heavy atom. The van der Waals surface area contributed by atoms with Crippen LogP contribution in [0.4, 0.5) is 17.5 Å². The maximum atomic E-state index is 9.06. The molecule has 1 N–H and O–H groups in total. The topological polar surface area (TPSA) is 84.8 Å². The van der Waals surface area contributed by atoms with Crippen LogP contribution in [0.15, 0.2) is 24.5 Å². The summed E-state index contributed by atoms with van der Waals surface area (Å²) in [6, 6.07) is 6.18. The summed E-state index contributed by atoms with van der Waals surface area (Å²) >= 11 is 0. The second-order valence-corrected chi connectivity index (χ2v) is 7.29. The molecule has 150 valence electrons. The van der Waals surface area contributed by atoms with Crippen LogP contribution in [-0.4, -0.2) is 95.7 Å². The van der Waals surface area contributed by atoms with E-state index < -0.39 is 0 Å². The third-order valence-electron chi connectivity index (χ3n) is 5.47. The van der Waals surface area contributed by atoms with Crippen LogP contribution >= 0.6 is 0 Å². The van der Waals surface area contributed by atoms with Gasteiger partial charge >= 0.3 is 0 Å². The number of β-amino-alcohol motifs (C(OH)–C–C–N with tert-alkyl or cyclic N) is 1. The molecular weight excluding hydrogens is 356 g/mol. The zero-order valence-electron chi connectivity index (χ0n) is 16.4. The minimum atomic E-state index is 0.221. The smallest absolute Gasteiger partial charge is 0.151 e. The SMILES string of the molecule is Cc1cc(N2CCN(c3ccc(N4CCN(CCO)CC4)nn3)CC2)ncn1. The predicted molar refractivity (Wildman–Crippen MR) is 109 cm³/mol. The fourth-order valence-electron chi connectivity index (χ4n) is 3.78. The van der Waals surface area contributed by atoms with E-state index in [1.165, 1.54) is 0 Å². The van der Waals surface area contributed by atoms with Gasteiger partial charge in [0.05, 0.1) is 6.61 Å². The summed E-state index contributed by atoms with van der Waals surface area (Å²) in [7, 11) is 0. The van der Waals surface area contributed by atoms with E-state index in [1.54, 1.807) is 6.33 Å². The molecule has 9 nitrogen and oxygen atoms in total. The van der Waals surface area contributed by atoms with Crippen LogP contribution in [0.25, 0.3) is 0 Å². The standard InChI is InChI=1S/C19H28N8O/c1-16-14-19(21-15-20-16)27-10-8-26(9-11-27)18-3-2-17(22-23-18)25-6-4-24(5-7-25)12-13-28/h2-3,14-15,28H,4-13H2,1H3. The van der Waals surface area contributed by atoms with E-state index in [2.05, 4.69) is 51.9 Å². The summed E-state index contributed by atoms with van der Waals surface area (Å²) in [5, 5.41) is 18.0. The van der Waals surface area contributed by atoms with Crippen molar-refractivity contribution < 1.29 is 5.11 Å². The van der Waals surface area contributed by atoms with Gasteiger partial charge in [0.25, 0.3) is 0 Å². The molecule has 9 heteroatoms. The third-order valence-corrected chi connectivity index (χ3v) is 5.47. The van der Waals surface area contributed by atoms with Crippen molar-refractivity contribution in [2.75, 3.05) is 80.2 Å². The first-order valence-corrected chi connectivity index (χ1v) is 9.93. The van der Waals surface area contributed by atoms with Crippen molar-refractivity contribution >= 4 is 17.5 Å². The maximum absolute atomic E-state index is 9.06. The second kappa shape index (κ2) is 8.66. The van der Waals surface area contributed by atoms with Crippen LogP contribution in [0.2, 0.25) is 0 Å². The van der Waals surface area contributed by atoms with Gasteiger partial charge in [0.1, 0.15) is 12.1 Å². The van der Waals surface area contributed by atoms with Crippen molar-refractivity contribution in [3.8, 4) is 0 Å². The highest BCUT2D eigenvalue weighted by molar-refractivity contribution is 5.48. The van der Waals surface area contributed by atoms with E-state index >= 15 is 0 Å². The molecular formula is C19H28N8O. The summed E-state index contributed by atoms with van der Waals surface area (Å²) < 4.78 is 0. The number of anilines is 3. The number of hydrogen-bond donors (Lipinski definition) is 1. The Morgan fingerprint density at radius 3 is 1.82 bits per heavy atom. The summed E-state index contributed by atoms with van der Waals surface area (Å²) in [4.78, 5) is 17.7. The van der Waals surface area contributed by atoms with E-state index in [4.69, 9.17) is 5.11 Å². The van der Waals surface area contributed by atoms with Crippen molar-refractivity contribution in [2.24, 2.45) is 0 Å². The van der Waals surface area contributed by atoms with E-state index in [1.807, 2.05) is 13.0 Å². The summed E-state index contributed by atoms with van der Waals surface area (Å²) in [6.45, 7) is 10.3. The number of nitrogens with zero attached hydrogens (tertiary/aromatic N) is 8. The fourth-order valence-corrected chi connectivity index (χ4v) is 3.78. The van der Waals surface area contributed by atoms with Crippen LogP contribution in [0, 0.1) is 6.92 Å². The Kier molecular flexibility index (Phi) is 5.82. The molecule has 4 heterocycles. The third kappa shape index (κ3) is 4.31. The number of rotatable bonds is 5. The minimum absolute atomic E-state index is 0.221. The molecule has 0 aromatic carbocycles. The molecule has 28 heavy (non-hydrogen) atoms. The lowest BCUT2D eigenvalue weighted by Crippen LogP contribution is -2.48. The maximum Gasteiger partial charge on any atom is 0.151 e. The Morgan fingerprint density at radius 1 is 0.786 bits per heavy atom. The molecule has 2 aliphatic heterocycles. The quantitative estimate of drug-likeness (QED) is 0.766. The van der Waals surface area contributed by atoms with Crippen molar-refractivity contribution in [3.05, 3.63) is 30.2 Å². The minimum Gasteiger partial charge on any atom is -0.395 e. The van der Waals surface area contributed by atoms with E-state index in [0.717, 1.165) is 82.1 Å².